The number of rotatable bonds is 6. The summed E-state index contributed by atoms with van der Waals surface area (Å²) in [6, 6.07) is 1.84. The van der Waals surface area contributed by atoms with Gasteiger partial charge in [-0.1, -0.05) is 0 Å². The second kappa shape index (κ2) is 7.01. The van der Waals surface area contributed by atoms with Crippen LogP contribution in [0.15, 0.2) is 18.5 Å². The first-order valence-electron chi connectivity index (χ1n) is 7.05. The van der Waals surface area contributed by atoms with Crippen LogP contribution in [-0.4, -0.2) is 52.5 Å². The van der Waals surface area contributed by atoms with Gasteiger partial charge in [0.2, 0.25) is 11.9 Å². The van der Waals surface area contributed by atoms with E-state index in [0.717, 1.165) is 0 Å². The summed E-state index contributed by atoms with van der Waals surface area (Å²) in [6.07, 6.45) is 3.50. The number of esters is 1. The van der Waals surface area contributed by atoms with Crippen molar-refractivity contribution in [2.24, 2.45) is 5.92 Å². The highest BCUT2D eigenvalue weighted by Crippen LogP contribution is 2.21. The maximum absolute atomic E-state index is 11.9. The van der Waals surface area contributed by atoms with Crippen LogP contribution in [0.5, 0.6) is 0 Å². The van der Waals surface area contributed by atoms with Crippen LogP contribution < -0.4 is 5.32 Å². The molecule has 1 aliphatic rings. The fourth-order valence-electron chi connectivity index (χ4n) is 2.21. The van der Waals surface area contributed by atoms with Gasteiger partial charge in [-0.05, 0) is 19.9 Å². The molecule has 7 nitrogen and oxygen atoms in total. The van der Waals surface area contributed by atoms with Gasteiger partial charge in [-0.3, -0.25) is 9.59 Å². The highest BCUT2D eigenvalue weighted by atomic mass is 16.5. The van der Waals surface area contributed by atoms with Gasteiger partial charge in [0.25, 0.3) is 0 Å². The highest BCUT2D eigenvalue weighted by molar-refractivity contribution is 5.87. The fraction of sp³-hybridized carbons (Fsp3) is 0.571. The SMILES string of the molecule is CC(C)N1C[C@@H](C(=O)OCCNc2ncccn2)CC1=O. The summed E-state index contributed by atoms with van der Waals surface area (Å²) in [5.41, 5.74) is 0. The van der Waals surface area contributed by atoms with Crippen LogP contribution in [-0.2, 0) is 14.3 Å². The average Bonchev–Trinajstić information content (AvgIpc) is 2.87. The van der Waals surface area contributed by atoms with E-state index in [-0.39, 0.29) is 36.9 Å². The lowest BCUT2D eigenvalue weighted by Gasteiger charge is -2.20. The fourth-order valence-corrected chi connectivity index (χ4v) is 2.21. The largest absolute Gasteiger partial charge is 0.464 e. The first-order chi connectivity index (χ1) is 10.1. The molecule has 1 N–H and O–H groups in total. The Bertz CT molecular complexity index is 492. The Kier molecular flexibility index (Phi) is 5.08. The van der Waals surface area contributed by atoms with Gasteiger partial charge in [0, 0.05) is 31.4 Å². The number of aromatic nitrogens is 2. The summed E-state index contributed by atoms with van der Waals surface area (Å²) in [7, 11) is 0. The number of likely N-dealkylation sites (tertiary alicyclic amines) is 1. The molecule has 2 heterocycles. The molecule has 2 rings (SSSR count). The number of carbonyl (C=O) groups is 2. The first kappa shape index (κ1) is 15.2. The minimum atomic E-state index is -0.354. The van der Waals surface area contributed by atoms with Gasteiger partial charge >= 0.3 is 5.97 Å². The van der Waals surface area contributed by atoms with Gasteiger partial charge in [-0.2, -0.15) is 0 Å². The van der Waals surface area contributed by atoms with E-state index in [1.165, 1.54) is 0 Å². The van der Waals surface area contributed by atoms with E-state index in [1.807, 2.05) is 13.8 Å². The lowest BCUT2D eigenvalue weighted by Crippen LogP contribution is -2.33. The predicted molar refractivity (Wildman–Crippen MR) is 76.4 cm³/mol. The molecule has 1 saturated heterocycles. The van der Waals surface area contributed by atoms with Gasteiger partial charge < -0.3 is 15.0 Å². The summed E-state index contributed by atoms with van der Waals surface area (Å²) in [4.78, 5) is 33.4. The van der Waals surface area contributed by atoms with Crippen molar-refractivity contribution in [3.8, 4) is 0 Å². The van der Waals surface area contributed by atoms with Gasteiger partial charge in [-0.15, -0.1) is 0 Å². The van der Waals surface area contributed by atoms with Gasteiger partial charge in [0.1, 0.15) is 6.61 Å². The van der Waals surface area contributed by atoms with Crippen LogP contribution in [0.3, 0.4) is 0 Å². The zero-order valence-electron chi connectivity index (χ0n) is 12.3. The number of anilines is 1. The molecule has 0 aliphatic carbocycles. The van der Waals surface area contributed by atoms with Crippen LogP contribution in [0.2, 0.25) is 0 Å². The molecule has 1 atom stereocenters. The molecule has 1 aromatic rings. The third kappa shape index (κ3) is 4.14. The van der Waals surface area contributed by atoms with E-state index in [4.69, 9.17) is 4.74 Å². The van der Waals surface area contributed by atoms with Crippen molar-refractivity contribution in [1.29, 1.82) is 0 Å². The molecule has 7 heteroatoms. The minimum Gasteiger partial charge on any atom is -0.464 e. The summed E-state index contributed by atoms with van der Waals surface area (Å²) in [5.74, 6) is -0.159. The van der Waals surface area contributed by atoms with Crippen LogP contribution in [0, 0.1) is 5.92 Å². The summed E-state index contributed by atoms with van der Waals surface area (Å²) in [6.45, 7) is 4.99. The lowest BCUT2D eigenvalue weighted by molar-refractivity contribution is -0.148. The van der Waals surface area contributed by atoms with Crippen molar-refractivity contribution in [2.75, 3.05) is 25.0 Å². The number of carbonyl (C=O) groups excluding carboxylic acids is 2. The van der Waals surface area contributed by atoms with Crippen molar-refractivity contribution in [1.82, 2.24) is 14.9 Å². The number of amides is 1. The summed E-state index contributed by atoms with van der Waals surface area (Å²) >= 11 is 0. The number of hydrogen-bond acceptors (Lipinski definition) is 6. The number of ether oxygens (including phenoxy) is 1. The molecule has 0 unspecified atom stereocenters. The molecule has 1 fully saturated rings. The van der Waals surface area contributed by atoms with E-state index in [2.05, 4.69) is 15.3 Å². The third-order valence-electron chi connectivity index (χ3n) is 3.31. The Balaban J connectivity index is 1.70. The van der Waals surface area contributed by atoms with E-state index in [0.29, 0.717) is 19.0 Å². The average molecular weight is 292 g/mol. The molecule has 0 saturated carbocycles. The Hall–Kier alpha value is -2.18. The molecule has 21 heavy (non-hydrogen) atoms. The van der Waals surface area contributed by atoms with E-state index >= 15 is 0 Å². The van der Waals surface area contributed by atoms with Crippen molar-refractivity contribution < 1.29 is 14.3 Å². The van der Waals surface area contributed by atoms with Crippen molar-refractivity contribution in [3.63, 3.8) is 0 Å². The Morgan fingerprint density at radius 1 is 1.48 bits per heavy atom. The molecule has 114 valence electrons. The van der Waals surface area contributed by atoms with Crippen molar-refractivity contribution in [3.05, 3.63) is 18.5 Å². The maximum Gasteiger partial charge on any atom is 0.311 e. The van der Waals surface area contributed by atoms with Crippen LogP contribution in [0.25, 0.3) is 0 Å². The molecule has 0 radical (unpaired) electrons. The van der Waals surface area contributed by atoms with Crippen LogP contribution in [0.1, 0.15) is 20.3 Å². The molecule has 1 amide bonds. The van der Waals surface area contributed by atoms with E-state index in [1.54, 1.807) is 23.4 Å². The second-order valence-electron chi connectivity index (χ2n) is 5.21. The zero-order chi connectivity index (χ0) is 15.2. The number of nitrogens with one attached hydrogen (secondary N) is 1. The smallest absolute Gasteiger partial charge is 0.311 e. The normalized spacial score (nSPS) is 18.1. The molecule has 1 aliphatic heterocycles. The third-order valence-corrected chi connectivity index (χ3v) is 3.31. The van der Waals surface area contributed by atoms with E-state index in [9.17, 15) is 9.59 Å². The number of hydrogen-bond donors (Lipinski definition) is 1. The Labute approximate surface area is 123 Å². The van der Waals surface area contributed by atoms with Crippen LogP contribution >= 0.6 is 0 Å². The topological polar surface area (TPSA) is 84.4 Å². The molecule has 1 aromatic heterocycles. The standard InChI is InChI=1S/C14H20N4O3/c1-10(2)18-9-11(8-12(18)19)13(20)21-7-6-17-14-15-4-3-5-16-14/h3-5,10-11H,6-9H2,1-2H3,(H,15,16,17)/t11-/m0/s1. The van der Waals surface area contributed by atoms with E-state index < -0.39 is 0 Å². The van der Waals surface area contributed by atoms with Gasteiger partial charge in [0.15, 0.2) is 0 Å². The molecule has 0 aromatic carbocycles. The summed E-state index contributed by atoms with van der Waals surface area (Å²) < 4.78 is 5.19. The Morgan fingerprint density at radius 3 is 2.81 bits per heavy atom. The summed E-state index contributed by atoms with van der Waals surface area (Å²) in [5, 5.41) is 2.95. The first-order valence-corrected chi connectivity index (χ1v) is 7.05. The predicted octanol–water partition coefficient (Wildman–Crippen LogP) is 0.689. The molecular formula is C14H20N4O3. The minimum absolute atomic E-state index is 0.0164. The maximum atomic E-state index is 11.9. The Morgan fingerprint density at radius 2 is 2.19 bits per heavy atom. The van der Waals surface area contributed by atoms with Gasteiger partial charge in [0.05, 0.1) is 12.5 Å². The highest BCUT2D eigenvalue weighted by Gasteiger charge is 2.36. The quantitative estimate of drug-likeness (QED) is 0.613. The lowest BCUT2D eigenvalue weighted by atomic mass is 10.1. The molecular weight excluding hydrogens is 272 g/mol. The van der Waals surface area contributed by atoms with Crippen molar-refractivity contribution in [2.45, 2.75) is 26.3 Å². The van der Waals surface area contributed by atoms with Crippen LogP contribution in [0.4, 0.5) is 5.95 Å². The molecule has 0 spiro atoms. The zero-order valence-corrected chi connectivity index (χ0v) is 12.3. The number of nitrogens with zero attached hydrogens (tertiary/aromatic N) is 3. The molecule has 0 bridgehead atoms. The second-order valence-corrected chi connectivity index (χ2v) is 5.21. The van der Waals surface area contributed by atoms with Gasteiger partial charge in [-0.25, -0.2) is 9.97 Å². The monoisotopic (exact) mass is 292 g/mol. The van der Waals surface area contributed by atoms with Crippen molar-refractivity contribution >= 4 is 17.8 Å².